The van der Waals surface area contributed by atoms with E-state index in [2.05, 4.69) is 35.9 Å². The molecule has 19 heteroatoms. The van der Waals surface area contributed by atoms with Crippen LogP contribution in [0.2, 0.25) is 0 Å². The molecule has 1 amide bonds. The monoisotopic (exact) mass is 671 g/mol. The van der Waals surface area contributed by atoms with Crippen molar-refractivity contribution in [1.82, 2.24) is 25.7 Å². The average molecular weight is 672 g/mol. The molecule has 3 rings (SSSR count). The van der Waals surface area contributed by atoms with Crippen LogP contribution in [0, 0.1) is 0 Å². The molecule has 39 heavy (non-hydrogen) atoms. The van der Waals surface area contributed by atoms with Crippen molar-refractivity contribution in [2.24, 2.45) is 0 Å². The van der Waals surface area contributed by atoms with Gasteiger partial charge in [-0.2, -0.15) is 17.3 Å². The average Bonchev–Trinajstić information content (AvgIpc) is 3.34. The van der Waals surface area contributed by atoms with E-state index in [-0.39, 0.29) is 10.1 Å². The number of amides is 1. The Labute approximate surface area is 234 Å². The molecule has 1 unspecified atom stereocenters. The minimum Gasteiger partial charge on any atom is -0.291 e. The second kappa shape index (κ2) is 16.6. The number of benzene rings is 2. The van der Waals surface area contributed by atoms with E-state index >= 15 is 0 Å². The Bertz CT molecular complexity index is 1360. The number of nitrogens with zero attached hydrogens (tertiary/aromatic N) is 4. The van der Waals surface area contributed by atoms with Gasteiger partial charge in [0.05, 0.1) is 5.69 Å². The number of nitrogens with one attached hydrogen (secondary N) is 1. The molecule has 0 fully saturated rings. The van der Waals surface area contributed by atoms with Crippen LogP contribution < -0.4 is 9.83 Å². The Balaban J connectivity index is 0.000000295. The summed E-state index contributed by atoms with van der Waals surface area (Å²) in [5.41, 5.74) is 2.79. The van der Waals surface area contributed by atoms with Gasteiger partial charge in [0.1, 0.15) is 0 Å². The van der Waals surface area contributed by atoms with Gasteiger partial charge in [-0.1, -0.05) is 47.2 Å². The van der Waals surface area contributed by atoms with E-state index in [0.29, 0.717) is 18.0 Å². The van der Waals surface area contributed by atoms with Gasteiger partial charge in [-0.05, 0) is 29.0 Å². The predicted octanol–water partition coefficient (Wildman–Crippen LogP) is 1.24. The summed E-state index contributed by atoms with van der Waals surface area (Å²) >= 11 is -0.465. The summed E-state index contributed by atoms with van der Waals surface area (Å²) in [7, 11) is -9.15. The number of unbranched alkanes of at least 4 members (excludes halogenated alkanes) is 2. The van der Waals surface area contributed by atoms with Gasteiger partial charge in [0.15, 0.2) is 0 Å². The van der Waals surface area contributed by atoms with Crippen LogP contribution in [0.15, 0.2) is 65.8 Å². The van der Waals surface area contributed by atoms with Crippen molar-refractivity contribution in [2.45, 2.75) is 38.3 Å². The van der Waals surface area contributed by atoms with Crippen LogP contribution in [0.3, 0.4) is 0 Å². The third-order valence-electron chi connectivity index (χ3n) is 4.35. The number of carbonyl (C=O) groups is 1. The number of hydrogen-bond acceptors (Lipinski definition) is 12. The Kier molecular flexibility index (Phi) is 14.8. The number of thiol groups is 2. The molecule has 3 aromatic rings. The van der Waals surface area contributed by atoms with E-state index in [0.717, 1.165) is 12.1 Å². The molecule has 0 aliphatic rings. The summed E-state index contributed by atoms with van der Waals surface area (Å²) < 4.78 is 70.5. The molecule has 2 aromatic carbocycles. The van der Waals surface area contributed by atoms with Gasteiger partial charge in [0.25, 0.3) is 0 Å². The number of aromatic nitrogens is 4. The quantitative estimate of drug-likeness (QED) is 0.0340. The van der Waals surface area contributed by atoms with E-state index in [4.69, 9.17) is 14.4 Å². The van der Waals surface area contributed by atoms with Crippen LogP contribution in [0.25, 0.3) is 5.69 Å². The van der Waals surface area contributed by atoms with Gasteiger partial charge < -0.3 is 0 Å². The van der Waals surface area contributed by atoms with Gasteiger partial charge in [-0.25, -0.2) is 0 Å². The minimum atomic E-state index is -4.77. The van der Waals surface area contributed by atoms with Gasteiger partial charge in [-0.15, -0.1) is 17.7 Å². The molecule has 0 bridgehead atoms. The number of para-hydroxylation sites is 1. The van der Waals surface area contributed by atoms with Gasteiger partial charge in [-0.3, -0.25) is 9.11 Å². The molecule has 0 saturated heterocycles. The summed E-state index contributed by atoms with van der Waals surface area (Å²) in [5, 5.41) is 19.9. The summed E-state index contributed by atoms with van der Waals surface area (Å²) in [5.74, 6) is -0.899. The molecule has 218 valence electrons. The molecule has 1 aromatic heterocycles. The van der Waals surface area contributed by atoms with Crippen molar-refractivity contribution in [3.8, 4) is 5.69 Å². The summed E-state index contributed by atoms with van der Waals surface area (Å²) in [6.07, 6.45) is 1.84. The molecule has 0 saturated carbocycles. The maximum atomic E-state index is 11.8. The third-order valence-corrected chi connectivity index (χ3v) is 12.0. The van der Waals surface area contributed by atoms with Crippen molar-refractivity contribution < 1.29 is 43.2 Å². The third kappa shape index (κ3) is 12.1. The van der Waals surface area contributed by atoms with Crippen LogP contribution >= 0.6 is 12.6 Å². The van der Waals surface area contributed by atoms with Crippen LogP contribution in [-0.2, 0) is 34.6 Å². The Morgan fingerprint density at radius 3 is 2.13 bits per heavy atom. The largest absolute Gasteiger partial charge is 0.364 e. The molecule has 4 N–H and O–H groups in total. The Hall–Kier alpha value is -2.41. The zero-order valence-electron chi connectivity index (χ0n) is 20.8. The first-order chi connectivity index (χ1) is 18.3. The Morgan fingerprint density at radius 2 is 1.69 bits per heavy atom. The molecular weight excluding hydrogens is 641 g/mol. The maximum Gasteiger partial charge on any atom is 0.364 e. The van der Waals surface area contributed by atoms with Gasteiger partial charge in [0, 0.05) is 5.75 Å². The van der Waals surface area contributed by atoms with Gasteiger partial charge in [0.2, 0.25) is 5.16 Å². The number of hydroxylamine groups is 1. The van der Waals surface area contributed by atoms with Gasteiger partial charge >= 0.3 is 97.8 Å². The number of hydrogen-bond donors (Lipinski definition) is 6. The number of tetrazole rings is 1. The standard InChI is InChI=1S/C8H10AsNO5.C7H6N4S.C5H14O5S2/c1-7(11)10-14-9(12,15-13)8-5-3-2-4-6-8;12-7-8-9-10-11(7)6-4-2-1-3-5-6;1-2-3-4-5-11(6,7)12(8,9)10/h2-6,13H,1H3,(H,10,11);1-5H,(H,8,10,12);11H,2-5H2,1H3,(H,6,7)(H,8,9,10). The van der Waals surface area contributed by atoms with Crippen molar-refractivity contribution in [3.05, 3.63) is 60.7 Å². The van der Waals surface area contributed by atoms with E-state index in [1.165, 1.54) is 19.1 Å². The molecule has 0 spiro atoms. The maximum absolute atomic E-state index is 11.8. The molecular formula is C20H30AsN5O10S3. The molecule has 0 aliphatic heterocycles. The molecule has 0 radical (unpaired) electrons. The SMILES string of the molecule is CC(=O)NO[As](=O)(OO)c1ccccc1.CCCCC[SH](=O)(O)S(=O)(=O)O.Sc1nnnn1-c1ccccc1. The molecule has 1 atom stereocenters. The predicted molar refractivity (Wildman–Crippen MR) is 146 cm³/mol. The minimum absolute atomic E-state index is 0.201. The second-order valence-electron chi connectivity index (χ2n) is 7.41. The van der Waals surface area contributed by atoms with Crippen molar-refractivity contribution in [3.63, 3.8) is 0 Å². The smallest absolute Gasteiger partial charge is 0.291 e. The van der Waals surface area contributed by atoms with E-state index in [1.54, 1.807) is 22.9 Å². The first-order valence-electron chi connectivity index (χ1n) is 11.0. The first-order valence-corrected chi connectivity index (χ1v) is 18.6. The van der Waals surface area contributed by atoms with Crippen molar-refractivity contribution >= 4 is 55.5 Å². The summed E-state index contributed by atoms with van der Waals surface area (Å²) in [6, 6.07) is 17.5. The first kappa shape index (κ1) is 34.6. The summed E-state index contributed by atoms with van der Waals surface area (Å²) in [6.45, 7) is 3.07. The van der Waals surface area contributed by atoms with Crippen LogP contribution in [0.4, 0.5) is 0 Å². The molecule has 0 aliphatic carbocycles. The number of rotatable bonds is 10. The normalized spacial score (nSPS) is 13.1. The van der Waals surface area contributed by atoms with Crippen LogP contribution in [0.1, 0.15) is 33.1 Å². The van der Waals surface area contributed by atoms with E-state index < -0.39 is 38.5 Å². The van der Waals surface area contributed by atoms with Crippen LogP contribution in [0.5, 0.6) is 0 Å². The fourth-order valence-corrected chi connectivity index (χ4v) is 6.71. The zero-order chi connectivity index (χ0) is 29.5. The summed E-state index contributed by atoms with van der Waals surface area (Å²) in [4.78, 5) is 10.6. The van der Waals surface area contributed by atoms with Crippen LogP contribution in [-0.4, -0.2) is 73.0 Å². The van der Waals surface area contributed by atoms with Crippen molar-refractivity contribution in [2.75, 3.05) is 5.75 Å². The fourth-order valence-electron chi connectivity index (χ4n) is 2.45. The van der Waals surface area contributed by atoms with E-state index in [9.17, 15) is 21.2 Å². The molecule has 15 nitrogen and oxygen atoms in total. The zero-order valence-corrected chi connectivity index (χ0v) is 25.3. The topological polar surface area (TPSA) is 220 Å². The molecule has 1 heterocycles. The fraction of sp³-hybridized carbons (Fsp3) is 0.300. The van der Waals surface area contributed by atoms with Crippen molar-refractivity contribution in [1.29, 1.82) is 0 Å². The number of carbonyl (C=O) groups excluding carboxylic acids is 1. The van der Waals surface area contributed by atoms with E-state index in [1.807, 2.05) is 42.7 Å². The second-order valence-corrected chi connectivity index (χ2v) is 17.4. The Morgan fingerprint density at radius 1 is 1.13 bits per heavy atom.